The predicted octanol–water partition coefficient (Wildman–Crippen LogP) is 2.86. The fourth-order valence-electron chi connectivity index (χ4n) is 1.71. The molecule has 0 aliphatic heterocycles. The van der Waals surface area contributed by atoms with Gasteiger partial charge in [0.25, 0.3) is 0 Å². The van der Waals surface area contributed by atoms with Gasteiger partial charge in [0.2, 0.25) is 0 Å². The Morgan fingerprint density at radius 1 is 0.905 bits per heavy atom. The van der Waals surface area contributed by atoms with Crippen LogP contribution in [0.3, 0.4) is 0 Å². The van der Waals surface area contributed by atoms with Crippen LogP contribution in [0.1, 0.15) is 11.1 Å². The molecule has 0 radical (unpaired) electrons. The lowest BCUT2D eigenvalue weighted by atomic mass is 10.1. The zero-order valence-corrected chi connectivity index (χ0v) is 11.7. The Hall–Kier alpha value is -1.53. The molecule has 1 aromatic heterocycles. The number of alkyl halides is 6. The first-order valence-corrected chi connectivity index (χ1v) is 6.14. The Balaban J connectivity index is 3.08. The molecule has 1 aromatic carbocycles. The molecular formula is C10H3F6IN2O2. The van der Waals surface area contributed by atoms with Crippen LogP contribution in [0.4, 0.5) is 26.3 Å². The molecule has 0 amide bonds. The highest BCUT2D eigenvalue weighted by atomic mass is 127. The van der Waals surface area contributed by atoms with Crippen molar-refractivity contribution in [1.82, 2.24) is 9.97 Å². The molecule has 0 aliphatic carbocycles. The van der Waals surface area contributed by atoms with E-state index in [0.29, 0.717) is 6.07 Å². The minimum Gasteiger partial charge on any atom is -0.316 e. The van der Waals surface area contributed by atoms with Crippen LogP contribution in [0, 0.1) is 3.57 Å². The molecular weight excluding hydrogens is 421 g/mol. The van der Waals surface area contributed by atoms with Crippen LogP contribution >= 0.6 is 22.6 Å². The maximum atomic E-state index is 13.0. The number of H-pyrrole nitrogens is 2. The van der Waals surface area contributed by atoms with E-state index in [9.17, 15) is 35.9 Å². The molecule has 1 heterocycles. The van der Waals surface area contributed by atoms with Crippen molar-refractivity contribution in [2.75, 3.05) is 0 Å². The minimum atomic E-state index is -5.14. The van der Waals surface area contributed by atoms with Gasteiger partial charge in [0.05, 0.1) is 22.2 Å². The molecule has 0 unspecified atom stereocenters. The number of hydrogen-bond donors (Lipinski definition) is 2. The molecule has 114 valence electrons. The Kier molecular flexibility index (Phi) is 3.58. The third kappa shape index (κ3) is 2.78. The Morgan fingerprint density at radius 3 is 1.90 bits per heavy atom. The van der Waals surface area contributed by atoms with Crippen LogP contribution in [0.2, 0.25) is 0 Å². The quantitative estimate of drug-likeness (QED) is 0.388. The molecule has 21 heavy (non-hydrogen) atoms. The lowest BCUT2D eigenvalue weighted by Gasteiger charge is -2.17. The minimum absolute atomic E-state index is 0.351. The van der Waals surface area contributed by atoms with Crippen LogP contribution in [0.25, 0.3) is 11.0 Å². The van der Waals surface area contributed by atoms with E-state index in [1.807, 2.05) is 0 Å². The first kappa shape index (κ1) is 15.9. The number of fused-ring (bicyclic) bond motifs is 1. The number of halogens is 7. The highest BCUT2D eigenvalue weighted by molar-refractivity contribution is 14.1. The molecule has 0 aliphatic rings. The summed E-state index contributed by atoms with van der Waals surface area (Å²) in [6, 6.07) is 0.351. The van der Waals surface area contributed by atoms with E-state index in [0.717, 1.165) is 22.6 Å². The number of nitrogens with one attached hydrogen (secondary N) is 2. The second kappa shape index (κ2) is 4.74. The monoisotopic (exact) mass is 424 g/mol. The summed E-state index contributed by atoms with van der Waals surface area (Å²) in [4.78, 5) is 25.6. The lowest BCUT2D eigenvalue weighted by molar-refractivity contribution is -0.143. The second-order valence-corrected chi connectivity index (χ2v) is 5.02. The average Bonchev–Trinajstić information content (AvgIpc) is 2.27. The van der Waals surface area contributed by atoms with Gasteiger partial charge in [-0.1, -0.05) is 0 Å². The fraction of sp³-hybridized carbons (Fsp3) is 0.200. The van der Waals surface area contributed by atoms with Crippen molar-refractivity contribution in [3.63, 3.8) is 0 Å². The normalized spacial score (nSPS) is 12.9. The van der Waals surface area contributed by atoms with Gasteiger partial charge in [0, 0.05) is 3.57 Å². The zero-order valence-electron chi connectivity index (χ0n) is 9.54. The fourth-order valence-corrected chi connectivity index (χ4v) is 2.75. The first-order chi connectivity index (χ1) is 9.43. The van der Waals surface area contributed by atoms with Gasteiger partial charge in [0.15, 0.2) is 0 Å². The largest absolute Gasteiger partial charge is 0.419 e. The van der Waals surface area contributed by atoms with Gasteiger partial charge in [0.1, 0.15) is 0 Å². The molecule has 0 atom stereocenters. The number of aromatic nitrogens is 2. The van der Waals surface area contributed by atoms with Gasteiger partial charge in [-0.05, 0) is 28.7 Å². The molecule has 0 saturated heterocycles. The number of aromatic amines is 2. The van der Waals surface area contributed by atoms with Crippen LogP contribution in [-0.4, -0.2) is 9.97 Å². The maximum Gasteiger partial charge on any atom is 0.419 e. The summed E-state index contributed by atoms with van der Waals surface area (Å²) in [5.74, 6) is 0. The number of rotatable bonds is 0. The number of benzene rings is 1. The van der Waals surface area contributed by atoms with Gasteiger partial charge < -0.3 is 9.97 Å². The third-order valence-electron chi connectivity index (χ3n) is 2.55. The topological polar surface area (TPSA) is 65.7 Å². The zero-order chi connectivity index (χ0) is 16.2. The van der Waals surface area contributed by atoms with E-state index in [-0.39, 0.29) is 0 Å². The molecule has 2 N–H and O–H groups in total. The molecule has 2 aromatic rings. The Morgan fingerprint density at radius 2 is 1.43 bits per heavy atom. The van der Waals surface area contributed by atoms with E-state index in [2.05, 4.69) is 0 Å². The van der Waals surface area contributed by atoms with Gasteiger partial charge >= 0.3 is 23.5 Å². The molecule has 2 rings (SSSR count). The van der Waals surface area contributed by atoms with Crippen LogP contribution in [-0.2, 0) is 12.4 Å². The number of hydrogen-bond acceptors (Lipinski definition) is 2. The second-order valence-electron chi connectivity index (χ2n) is 3.94. The van der Waals surface area contributed by atoms with Crippen LogP contribution in [0.5, 0.6) is 0 Å². The first-order valence-electron chi connectivity index (χ1n) is 5.06. The van der Waals surface area contributed by atoms with Gasteiger partial charge in [-0.2, -0.15) is 26.3 Å². The molecule has 4 nitrogen and oxygen atoms in total. The Labute approximate surface area is 124 Å². The molecule has 0 saturated carbocycles. The third-order valence-corrected chi connectivity index (χ3v) is 3.67. The van der Waals surface area contributed by atoms with Gasteiger partial charge in [-0.3, -0.25) is 9.59 Å². The molecule has 0 bridgehead atoms. The summed E-state index contributed by atoms with van der Waals surface area (Å²) in [6.07, 6.45) is -10.2. The van der Waals surface area contributed by atoms with Crippen molar-refractivity contribution < 1.29 is 26.3 Å². The van der Waals surface area contributed by atoms with E-state index in [1.165, 1.54) is 0 Å². The van der Waals surface area contributed by atoms with Crippen LogP contribution < -0.4 is 11.1 Å². The SMILES string of the molecule is O=c1[nH]c2cc(C(F)(F)F)c(I)c(C(F)(F)F)c2[nH]c1=O. The lowest BCUT2D eigenvalue weighted by Crippen LogP contribution is -2.30. The summed E-state index contributed by atoms with van der Waals surface area (Å²) in [5.41, 5.74) is -7.58. The van der Waals surface area contributed by atoms with Crippen molar-refractivity contribution in [2.45, 2.75) is 12.4 Å². The van der Waals surface area contributed by atoms with E-state index >= 15 is 0 Å². The standard InChI is InChI=1S/C10H3F6IN2O2/c11-9(12,13)2-1-3-6(19-8(21)7(20)18-3)4(5(2)17)10(14,15)16/h1H,(H,18,20)(H,19,21). The summed E-state index contributed by atoms with van der Waals surface area (Å²) in [6.45, 7) is 0. The Bertz CT molecular complexity index is 833. The highest BCUT2D eigenvalue weighted by Gasteiger charge is 2.42. The van der Waals surface area contributed by atoms with E-state index in [1.54, 1.807) is 9.97 Å². The van der Waals surface area contributed by atoms with Gasteiger partial charge in [-0.15, -0.1) is 0 Å². The van der Waals surface area contributed by atoms with E-state index in [4.69, 9.17) is 0 Å². The summed E-state index contributed by atoms with van der Waals surface area (Å²) in [5, 5.41) is 0. The molecule has 0 fully saturated rings. The van der Waals surface area contributed by atoms with E-state index < -0.39 is 49.2 Å². The van der Waals surface area contributed by atoms with Crippen molar-refractivity contribution in [3.05, 3.63) is 41.5 Å². The molecule has 11 heteroatoms. The summed E-state index contributed by atoms with van der Waals surface area (Å²) < 4.78 is 76.2. The highest BCUT2D eigenvalue weighted by Crippen LogP contribution is 2.42. The molecule has 0 spiro atoms. The van der Waals surface area contributed by atoms with Crippen molar-refractivity contribution in [2.24, 2.45) is 0 Å². The summed E-state index contributed by atoms with van der Waals surface area (Å²) >= 11 is 0.906. The van der Waals surface area contributed by atoms with Crippen molar-refractivity contribution >= 4 is 33.6 Å². The van der Waals surface area contributed by atoms with Crippen molar-refractivity contribution in [3.8, 4) is 0 Å². The van der Waals surface area contributed by atoms with Gasteiger partial charge in [-0.25, -0.2) is 0 Å². The average molecular weight is 424 g/mol. The summed E-state index contributed by atoms with van der Waals surface area (Å²) in [7, 11) is 0. The van der Waals surface area contributed by atoms with Crippen molar-refractivity contribution in [1.29, 1.82) is 0 Å². The maximum absolute atomic E-state index is 13.0. The smallest absolute Gasteiger partial charge is 0.316 e. The predicted molar refractivity (Wildman–Crippen MR) is 67.9 cm³/mol. The van der Waals surface area contributed by atoms with Crippen LogP contribution in [0.15, 0.2) is 15.7 Å².